The van der Waals surface area contributed by atoms with Crippen LogP contribution in [0.5, 0.6) is 0 Å². The smallest absolute Gasteiger partial charge is 0.118 e. The third-order valence-electron chi connectivity index (χ3n) is 1.07. The molecule has 6 heteroatoms. The van der Waals surface area contributed by atoms with Crippen LogP contribution in [0.1, 0.15) is 12.2 Å². The van der Waals surface area contributed by atoms with Gasteiger partial charge in [0.05, 0.1) is 6.41 Å². The van der Waals surface area contributed by atoms with Crippen LogP contribution in [0.4, 0.5) is 0 Å². The summed E-state index contributed by atoms with van der Waals surface area (Å²) >= 11 is 0. The number of aryl methyl sites for hydroxylation is 1. The summed E-state index contributed by atoms with van der Waals surface area (Å²) in [6, 6.07) is 2.71. The molecule has 1 aromatic rings. The second-order valence-electron chi connectivity index (χ2n) is 2.13. The standard InChI is InChI=1S/C5H5N2.C4H5NO2.W/c1-5-6-3-2-4-7-5;1-2-4(7)5-3-6;/h3-4H,1H3;1-2H2,(H,5,6,7);/q-1;-2;. The summed E-state index contributed by atoms with van der Waals surface area (Å²) in [6.07, 6.45) is 4.51. The number of nitrogens with one attached hydrogen (secondary N) is 1. The van der Waals surface area contributed by atoms with Gasteiger partial charge in [0.2, 0.25) is 0 Å². The Kier molecular flexibility index (Phi) is 12.0. The van der Waals surface area contributed by atoms with E-state index in [0.29, 0.717) is 0 Å². The molecule has 0 bridgehead atoms. The van der Waals surface area contributed by atoms with Crippen LogP contribution in [0.25, 0.3) is 0 Å². The third-order valence-corrected chi connectivity index (χ3v) is 1.07. The third kappa shape index (κ3) is 10.8. The van der Waals surface area contributed by atoms with E-state index in [1.807, 2.05) is 6.92 Å². The maximum absolute atomic E-state index is 9.98. The van der Waals surface area contributed by atoms with E-state index in [4.69, 9.17) is 0 Å². The van der Waals surface area contributed by atoms with Crippen LogP contribution >= 0.6 is 0 Å². The maximum Gasteiger partial charge on any atom is 0.118 e. The van der Waals surface area contributed by atoms with Crippen LogP contribution in [0.3, 0.4) is 0 Å². The normalized spacial score (nSPS) is 7.60. The molecule has 0 aromatic carbocycles. The Balaban J connectivity index is 0. The van der Waals surface area contributed by atoms with E-state index in [0.717, 1.165) is 5.82 Å². The summed E-state index contributed by atoms with van der Waals surface area (Å²) in [5, 5.41) is 1.79. The molecule has 0 aliphatic carbocycles. The van der Waals surface area contributed by atoms with E-state index >= 15 is 0 Å². The van der Waals surface area contributed by atoms with Crippen molar-refractivity contribution in [1.29, 1.82) is 0 Å². The predicted molar refractivity (Wildman–Crippen MR) is 49.4 cm³/mol. The van der Waals surface area contributed by atoms with Gasteiger partial charge in [-0.3, -0.25) is 9.97 Å². The van der Waals surface area contributed by atoms with Crippen molar-refractivity contribution in [1.82, 2.24) is 15.3 Å². The van der Waals surface area contributed by atoms with E-state index in [2.05, 4.69) is 23.0 Å². The quantitative estimate of drug-likeness (QED) is 0.582. The van der Waals surface area contributed by atoms with Gasteiger partial charge in [-0.05, 0) is 6.92 Å². The second kappa shape index (κ2) is 11.0. The summed E-state index contributed by atoms with van der Waals surface area (Å²) in [7, 11) is 0. The molecule has 15 heavy (non-hydrogen) atoms. The van der Waals surface area contributed by atoms with E-state index in [-0.39, 0.29) is 27.5 Å². The first-order valence-electron chi connectivity index (χ1n) is 3.80. The van der Waals surface area contributed by atoms with Crippen LogP contribution in [0.15, 0.2) is 12.4 Å². The summed E-state index contributed by atoms with van der Waals surface area (Å²) in [6.45, 7) is 5.05. The van der Waals surface area contributed by atoms with E-state index in [1.165, 1.54) is 6.41 Å². The Bertz CT molecular complexity index is 280. The van der Waals surface area contributed by atoms with Gasteiger partial charge in [0.15, 0.2) is 0 Å². The van der Waals surface area contributed by atoms with Crippen molar-refractivity contribution in [2.24, 2.45) is 0 Å². The number of nitrogens with zero attached hydrogens (tertiary/aromatic N) is 2. The second-order valence-corrected chi connectivity index (χ2v) is 2.13. The summed E-state index contributed by atoms with van der Waals surface area (Å²) in [5.41, 5.74) is 0. The molecule has 0 radical (unpaired) electrons. The Hall–Kier alpha value is -1.09. The molecule has 0 aliphatic heterocycles. The minimum absolute atomic E-state index is 0. The first-order valence-corrected chi connectivity index (χ1v) is 3.80. The number of amides is 2. The average Bonchev–Trinajstić information content (AvgIpc) is 2.20. The van der Waals surface area contributed by atoms with E-state index in [1.54, 1.807) is 17.7 Å². The van der Waals surface area contributed by atoms with Crippen LogP contribution < -0.4 is 5.32 Å². The summed E-state index contributed by atoms with van der Waals surface area (Å²) in [5.74, 6) is 0.383. The van der Waals surface area contributed by atoms with Gasteiger partial charge in [0.1, 0.15) is 5.82 Å². The number of imide groups is 1. The van der Waals surface area contributed by atoms with Gasteiger partial charge in [-0.1, -0.05) is 0 Å². The molecule has 1 N–H and O–H groups in total. The van der Waals surface area contributed by atoms with Gasteiger partial charge < -0.3 is 27.9 Å². The SMILES string of the molecule is Cc1nc[c-]cn1.[CH2-]CC(=O)N[C-]=O.[W]. The Labute approximate surface area is 103 Å². The molecular weight excluding hydrogens is 366 g/mol. The van der Waals surface area contributed by atoms with E-state index in [9.17, 15) is 9.59 Å². The zero-order chi connectivity index (χ0) is 10.8. The minimum Gasteiger partial charge on any atom is -0.464 e. The molecule has 0 unspecified atom stereocenters. The number of hydrogen-bond donors (Lipinski definition) is 1. The first-order chi connectivity index (χ1) is 6.70. The van der Waals surface area contributed by atoms with E-state index < -0.39 is 5.91 Å². The molecule has 1 aromatic heterocycles. The number of aromatic nitrogens is 2. The molecule has 5 nitrogen and oxygen atoms in total. The summed E-state index contributed by atoms with van der Waals surface area (Å²) < 4.78 is 0. The van der Waals surface area contributed by atoms with Crippen molar-refractivity contribution in [3.8, 4) is 0 Å². The Morgan fingerprint density at radius 3 is 2.33 bits per heavy atom. The molecule has 82 valence electrons. The molecule has 0 saturated carbocycles. The molecule has 0 atom stereocenters. The van der Waals surface area contributed by atoms with Crippen molar-refractivity contribution in [3.05, 3.63) is 31.2 Å². The van der Waals surface area contributed by atoms with Gasteiger partial charge in [0, 0.05) is 27.0 Å². The van der Waals surface area contributed by atoms with Crippen LogP contribution in [0, 0.1) is 19.9 Å². The monoisotopic (exact) mass is 376 g/mol. The Morgan fingerprint density at radius 2 is 2.13 bits per heavy atom. The number of rotatable bonds is 2. The first kappa shape index (κ1) is 16.3. The molecule has 1 heterocycles. The van der Waals surface area contributed by atoms with Crippen molar-refractivity contribution in [2.45, 2.75) is 13.3 Å². The Morgan fingerprint density at radius 1 is 1.60 bits per heavy atom. The molecule has 0 spiro atoms. The fourth-order valence-electron chi connectivity index (χ4n) is 0.447. The average molecular weight is 376 g/mol. The topological polar surface area (TPSA) is 72.0 Å². The van der Waals surface area contributed by atoms with Crippen molar-refractivity contribution < 1.29 is 30.7 Å². The minimum atomic E-state index is -0.407. The molecule has 0 aliphatic rings. The number of hydrogen-bond acceptors (Lipinski definition) is 4. The van der Waals surface area contributed by atoms with Gasteiger partial charge >= 0.3 is 0 Å². The number of carbonyl (C=O) groups is 1. The zero-order valence-corrected chi connectivity index (χ0v) is 11.1. The van der Waals surface area contributed by atoms with Gasteiger partial charge in [-0.25, -0.2) is 0 Å². The summed E-state index contributed by atoms with van der Waals surface area (Å²) in [4.78, 5) is 26.9. The molecule has 0 fully saturated rings. The fourth-order valence-corrected chi connectivity index (χ4v) is 0.447. The van der Waals surface area contributed by atoms with Crippen LogP contribution in [-0.2, 0) is 30.7 Å². The van der Waals surface area contributed by atoms with Gasteiger partial charge in [-0.15, -0.1) is 12.4 Å². The zero-order valence-electron chi connectivity index (χ0n) is 8.19. The maximum atomic E-state index is 9.98. The molecule has 0 saturated heterocycles. The van der Waals surface area contributed by atoms with Crippen molar-refractivity contribution >= 4 is 12.3 Å². The van der Waals surface area contributed by atoms with Crippen LogP contribution in [-0.4, -0.2) is 22.3 Å². The predicted octanol–water partition coefficient (Wildman–Crippen LogP) is -0.0233. The molecular formula is C9H10N3O2W-3. The molecule has 2 amide bonds. The van der Waals surface area contributed by atoms with Gasteiger partial charge in [-0.2, -0.15) is 6.42 Å². The largest absolute Gasteiger partial charge is 0.464 e. The molecule has 1 rings (SSSR count). The van der Waals surface area contributed by atoms with Crippen molar-refractivity contribution in [2.75, 3.05) is 0 Å². The number of carbonyl (C=O) groups excluding carboxylic acids is 2. The van der Waals surface area contributed by atoms with Gasteiger partial charge in [0.25, 0.3) is 0 Å². The fraction of sp³-hybridized carbons (Fsp3) is 0.222. The van der Waals surface area contributed by atoms with Crippen molar-refractivity contribution in [3.63, 3.8) is 0 Å². The van der Waals surface area contributed by atoms with Crippen LogP contribution in [0.2, 0.25) is 0 Å².